The molecule has 2 N–H and O–H groups in total. The lowest BCUT2D eigenvalue weighted by molar-refractivity contribution is 0.0954. The highest BCUT2D eigenvalue weighted by atomic mass is 16.3. The van der Waals surface area contributed by atoms with Crippen LogP contribution >= 0.6 is 0 Å². The number of amides is 1. The molecule has 18 heavy (non-hydrogen) atoms. The van der Waals surface area contributed by atoms with Gasteiger partial charge in [-0.3, -0.25) is 4.79 Å². The highest BCUT2D eigenvalue weighted by Crippen LogP contribution is 2.10. The monoisotopic (exact) mass is 248 g/mol. The number of hydrogen-bond acceptors (Lipinski definition) is 3. The second-order valence-corrected chi connectivity index (χ2v) is 4.17. The van der Waals surface area contributed by atoms with Crippen molar-refractivity contribution in [2.75, 3.05) is 0 Å². The zero-order valence-corrected chi connectivity index (χ0v) is 10.9. The molecule has 0 saturated carbocycles. The number of hydrogen-bond donors (Lipinski definition) is 2. The van der Waals surface area contributed by atoms with Gasteiger partial charge in [0, 0.05) is 11.3 Å². The quantitative estimate of drug-likeness (QED) is 0.600. The predicted octanol–water partition coefficient (Wildman–Crippen LogP) is 3.08. The third kappa shape index (κ3) is 4.57. The Kier molecular flexibility index (Phi) is 5.91. The first kappa shape index (κ1) is 14.2. The largest absolute Gasteiger partial charge is 0.508 e. The molecule has 0 spiro atoms. The standard InChI is InChI=1S/C14H20N2O2/c1-3-6-12(7-4-2)15-16-14(18)11-8-5-9-13(17)10-11/h5,8-10,17H,3-4,6-7H2,1-2H3,(H,16,18). The molecule has 1 rings (SSSR count). The van der Waals surface area contributed by atoms with E-state index in [4.69, 9.17) is 0 Å². The molecule has 4 nitrogen and oxygen atoms in total. The van der Waals surface area contributed by atoms with Crippen LogP contribution in [0.5, 0.6) is 5.75 Å². The summed E-state index contributed by atoms with van der Waals surface area (Å²) in [5.74, 6) is -0.218. The van der Waals surface area contributed by atoms with E-state index >= 15 is 0 Å². The number of hydrazone groups is 1. The van der Waals surface area contributed by atoms with Gasteiger partial charge in [-0.25, -0.2) is 5.43 Å². The Bertz CT molecular complexity index is 420. The number of nitrogens with one attached hydrogen (secondary N) is 1. The average molecular weight is 248 g/mol. The molecule has 1 aromatic rings. The summed E-state index contributed by atoms with van der Waals surface area (Å²) < 4.78 is 0. The Hall–Kier alpha value is -1.84. The van der Waals surface area contributed by atoms with E-state index in [1.54, 1.807) is 12.1 Å². The van der Waals surface area contributed by atoms with Crippen LogP contribution in [-0.2, 0) is 0 Å². The van der Waals surface area contributed by atoms with Gasteiger partial charge < -0.3 is 5.11 Å². The maximum absolute atomic E-state index is 11.8. The molecular weight excluding hydrogens is 228 g/mol. The molecule has 0 radical (unpaired) electrons. The zero-order chi connectivity index (χ0) is 13.4. The van der Waals surface area contributed by atoms with Crippen LogP contribution in [0.15, 0.2) is 29.4 Å². The minimum Gasteiger partial charge on any atom is -0.508 e. The van der Waals surface area contributed by atoms with Crippen molar-refractivity contribution in [2.45, 2.75) is 39.5 Å². The van der Waals surface area contributed by atoms with E-state index in [0.29, 0.717) is 5.56 Å². The van der Waals surface area contributed by atoms with E-state index in [0.717, 1.165) is 31.4 Å². The van der Waals surface area contributed by atoms with Crippen LogP contribution in [0.3, 0.4) is 0 Å². The SMILES string of the molecule is CCCC(CCC)=NNC(=O)c1cccc(O)c1. The molecule has 0 aliphatic carbocycles. The normalized spacial score (nSPS) is 9.89. The van der Waals surface area contributed by atoms with Crippen LogP contribution in [0, 0.1) is 0 Å². The van der Waals surface area contributed by atoms with E-state index in [1.807, 2.05) is 0 Å². The van der Waals surface area contributed by atoms with Crippen LogP contribution in [0.25, 0.3) is 0 Å². The maximum atomic E-state index is 11.8. The summed E-state index contributed by atoms with van der Waals surface area (Å²) in [4.78, 5) is 11.8. The van der Waals surface area contributed by atoms with Crippen molar-refractivity contribution in [3.63, 3.8) is 0 Å². The summed E-state index contributed by atoms with van der Waals surface area (Å²) >= 11 is 0. The Morgan fingerprint density at radius 2 is 1.94 bits per heavy atom. The average Bonchev–Trinajstić information content (AvgIpc) is 2.36. The van der Waals surface area contributed by atoms with Crippen molar-refractivity contribution < 1.29 is 9.90 Å². The Labute approximate surface area is 108 Å². The van der Waals surface area contributed by atoms with Gasteiger partial charge in [-0.05, 0) is 31.0 Å². The van der Waals surface area contributed by atoms with Crippen molar-refractivity contribution in [1.29, 1.82) is 0 Å². The third-order valence-corrected chi connectivity index (χ3v) is 2.50. The first-order valence-electron chi connectivity index (χ1n) is 6.32. The van der Waals surface area contributed by atoms with E-state index < -0.39 is 0 Å². The van der Waals surface area contributed by atoms with Crippen LogP contribution in [-0.4, -0.2) is 16.7 Å². The van der Waals surface area contributed by atoms with Gasteiger partial charge in [0.1, 0.15) is 5.75 Å². The fourth-order valence-corrected chi connectivity index (χ4v) is 1.66. The second-order valence-electron chi connectivity index (χ2n) is 4.17. The topological polar surface area (TPSA) is 61.7 Å². The van der Waals surface area contributed by atoms with E-state index in [1.165, 1.54) is 12.1 Å². The highest BCUT2D eigenvalue weighted by molar-refractivity contribution is 5.95. The molecule has 0 saturated heterocycles. The molecule has 0 aromatic heterocycles. The molecule has 98 valence electrons. The number of nitrogens with zero attached hydrogens (tertiary/aromatic N) is 1. The summed E-state index contributed by atoms with van der Waals surface area (Å²) in [6, 6.07) is 6.22. The molecule has 4 heteroatoms. The highest BCUT2D eigenvalue weighted by Gasteiger charge is 2.05. The van der Waals surface area contributed by atoms with Gasteiger partial charge in [0.05, 0.1) is 0 Å². The van der Waals surface area contributed by atoms with Crippen LogP contribution in [0.4, 0.5) is 0 Å². The lowest BCUT2D eigenvalue weighted by Crippen LogP contribution is -2.19. The molecule has 0 unspecified atom stereocenters. The lowest BCUT2D eigenvalue weighted by atomic mass is 10.1. The van der Waals surface area contributed by atoms with Crippen molar-refractivity contribution in [3.8, 4) is 5.75 Å². The van der Waals surface area contributed by atoms with Crippen molar-refractivity contribution >= 4 is 11.6 Å². The summed E-state index contributed by atoms with van der Waals surface area (Å²) in [5, 5.41) is 13.4. The maximum Gasteiger partial charge on any atom is 0.271 e. The third-order valence-electron chi connectivity index (χ3n) is 2.50. The molecule has 1 aromatic carbocycles. The first-order chi connectivity index (χ1) is 8.67. The fourth-order valence-electron chi connectivity index (χ4n) is 1.66. The molecule has 1 amide bonds. The van der Waals surface area contributed by atoms with Crippen molar-refractivity contribution in [1.82, 2.24) is 5.43 Å². The molecular formula is C14H20N2O2. The lowest BCUT2D eigenvalue weighted by Gasteiger charge is -2.05. The number of phenols is 1. The fraction of sp³-hybridized carbons (Fsp3) is 0.429. The van der Waals surface area contributed by atoms with E-state index in [9.17, 15) is 9.90 Å². The van der Waals surface area contributed by atoms with Gasteiger partial charge in [0.2, 0.25) is 0 Å². The second kappa shape index (κ2) is 7.48. The molecule has 0 aliphatic rings. The minimum absolute atomic E-state index is 0.0777. The number of carbonyl (C=O) groups excluding carboxylic acids is 1. The van der Waals surface area contributed by atoms with Crippen molar-refractivity contribution in [2.24, 2.45) is 5.10 Å². The predicted molar refractivity (Wildman–Crippen MR) is 72.8 cm³/mol. The van der Waals surface area contributed by atoms with Gasteiger partial charge in [0.15, 0.2) is 0 Å². The zero-order valence-electron chi connectivity index (χ0n) is 10.9. The Morgan fingerprint density at radius 3 is 2.50 bits per heavy atom. The minimum atomic E-state index is -0.296. The van der Waals surface area contributed by atoms with E-state index in [-0.39, 0.29) is 11.7 Å². The molecule has 0 fully saturated rings. The summed E-state index contributed by atoms with van der Waals surface area (Å²) in [6.07, 6.45) is 3.82. The summed E-state index contributed by atoms with van der Waals surface area (Å²) in [6.45, 7) is 4.17. The number of carbonyl (C=O) groups is 1. The van der Waals surface area contributed by atoms with Crippen LogP contribution in [0.1, 0.15) is 49.9 Å². The Balaban J connectivity index is 2.66. The number of rotatable bonds is 6. The van der Waals surface area contributed by atoms with Gasteiger partial charge in [0.25, 0.3) is 5.91 Å². The molecule has 0 bridgehead atoms. The Morgan fingerprint density at radius 1 is 1.28 bits per heavy atom. The van der Waals surface area contributed by atoms with Gasteiger partial charge in [-0.2, -0.15) is 5.10 Å². The summed E-state index contributed by atoms with van der Waals surface area (Å²) in [5.41, 5.74) is 3.95. The molecule has 0 atom stereocenters. The van der Waals surface area contributed by atoms with E-state index in [2.05, 4.69) is 24.4 Å². The smallest absolute Gasteiger partial charge is 0.271 e. The van der Waals surface area contributed by atoms with Gasteiger partial charge >= 0.3 is 0 Å². The van der Waals surface area contributed by atoms with Crippen LogP contribution < -0.4 is 5.43 Å². The van der Waals surface area contributed by atoms with Crippen LogP contribution in [0.2, 0.25) is 0 Å². The molecule has 0 heterocycles. The van der Waals surface area contributed by atoms with Crippen molar-refractivity contribution in [3.05, 3.63) is 29.8 Å². The first-order valence-corrected chi connectivity index (χ1v) is 6.32. The van der Waals surface area contributed by atoms with Gasteiger partial charge in [-0.1, -0.05) is 32.8 Å². The van der Waals surface area contributed by atoms with Gasteiger partial charge in [-0.15, -0.1) is 0 Å². The number of benzene rings is 1. The molecule has 0 aliphatic heterocycles. The number of aromatic hydroxyl groups is 1. The number of phenolic OH excluding ortho intramolecular Hbond substituents is 1. The summed E-state index contributed by atoms with van der Waals surface area (Å²) in [7, 11) is 0.